The lowest BCUT2D eigenvalue weighted by molar-refractivity contribution is 0.870. The zero-order chi connectivity index (χ0) is 14.7. The van der Waals surface area contributed by atoms with Crippen LogP contribution in [0.4, 0.5) is 0 Å². The van der Waals surface area contributed by atoms with Gasteiger partial charge < -0.3 is 0 Å². The third kappa shape index (κ3) is 2.95. The minimum Gasteiger partial charge on any atom is -0.255 e. The monoisotopic (exact) mass is 295 g/mol. The third-order valence-electron chi connectivity index (χ3n) is 2.95. The van der Waals surface area contributed by atoms with Crippen LogP contribution in [-0.4, -0.2) is 26.1 Å². The third-order valence-corrected chi connectivity index (χ3v) is 3.22. The Kier molecular flexibility index (Phi) is 3.70. The van der Waals surface area contributed by atoms with Crippen LogP contribution in [0.3, 0.4) is 0 Å². The van der Waals surface area contributed by atoms with Crippen LogP contribution in [0, 0.1) is 11.7 Å². The second-order valence-electron chi connectivity index (χ2n) is 4.53. The Hall–Kier alpha value is -2.60. The second-order valence-corrected chi connectivity index (χ2v) is 4.92. The van der Waals surface area contributed by atoms with E-state index in [1.807, 2.05) is 49.4 Å². The highest BCUT2D eigenvalue weighted by atomic mass is 32.1. The Bertz CT molecular complexity index is 815. The SMILES string of the molecule is Cc1ccc(-c2n[nH]c(=S)n2/N=C\c2ccccn2)cc1. The summed E-state index contributed by atoms with van der Waals surface area (Å²) in [6, 6.07) is 13.7. The molecule has 0 bridgehead atoms. The molecule has 0 saturated carbocycles. The van der Waals surface area contributed by atoms with Gasteiger partial charge in [0.2, 0.25) is 4.77 Å². The van der Waals surface area contributed by atoms with Crippen LogP contribution in [-0.2, 0) is 0 Å². The van der Waals surface area contributed by atoms with Crippen molar-refractivity contribution in [1.82, 2.24) is 19.9 Å². The van der Waals surface area contributed by atoms with Gasteiger partial charge in [-0.1, -0.05) is 35.9 Å². The van der Waals surface area contributed by atoms with Crippen LogP contribution in [0.1, 0.15) is 11.3 Å². The summed E-state index contributed by atoms with van der Waals surface area (Å²) < 4.78 is 2.03. The first kappa shape index (κ1) is 13.4. The first-order chi connectivity index (χ1) is 10.2. The van der Waals surface area contributed by atoms with Crippen molar-refractivity contribution in [2.24, 2.45) is 5.10 Å². The van der Waals surface area contributed by atoms with Crippen LogP contribution in [0.25, 0.3) is 11.4 Å². The fourth-order valence-electron chi connectivity index (χ4n) is 1.86. The summed E-state index contributed by atoms with van der Waals surface area (Å²) in [6.07, 6.45) is 3.37. The molecule has 21 heavy (non-hydrogen) atoms. The summed E-state index contributed by atoms with van der Waals surface area (Å²) in [4.78, 5) is 4.19. The van der Waals surface area contributed by atoms with Crippen LogP contribution < -0.4 is 0 Å². The molecule has 0 aliphatic heterocycles. The lowest BCUT2D eigenvalue weighted by Crippen LogP contribution is -1.96. The molecule has 1 aromatic carbocycles. The molecule has 3 aromatic rings. The van der Waals surface area contributed by atoms with Gasteiger partial charge in [-0.3, -0.25) is 4.98 Å². The molecule has 5 nitrogen and oxygen atoms in total. The van der Waals surface area contributed by atoms with Crippen LogP contribution in [0.5, 0.6) is 0 Å². The number of pyridine rings is 1. The van der Waals surface area contributed by atoms with Gasteiger partial charge in [-0.15, -0.1) is 0 Å². The van der Waals surface area contributed by atoms with Gasteiger partial charge in [-0.05, 0) is 31.3 Å². The van der Waals surface area contributed by atoms with Gasteiger partial charge in [0.15, 0.2) is 5.82 Å². The van der Waals surface area contributed by atoms with Crippen molar-refractivity contribution in [3.05, 3.63) is 64.7 Å². The molecule has 0 amide bonds. The molecule has 1 N–H and O–H groups in total. The van der Waals surface area contributed by atoms with E-state index in [0.717, 1.165) is 11.3 Å². The second kappa shape index (κ2) is 5.80. The van der Waals surface area contributed by atoms with Gasteiger partial charge in [0, 0.05) is 11.8 Å². The molecule has 0 spiro atoms. The molecule has 0 unspecified atom stereocenters. The Morgan fingerprint density at radius 1 is 1.19 bits per heavy atom. The predicted molar refractivity (Wildman–Crippen MR) is 84.8 cm³/mol. The van der Waals surface area contributed by atoms with Crippen molar-refractivity contribution in [3.63, 3.8) is 0 Å². The summed E-state index contributed by atoms with van der Waals surface area (Å²) in [5.41, 5.74) is 2.90. The van der Waals surface area contributed by atoms with E-state index in [2.05, 4.69) is 20.3 Å². The summed E-state index contributed by atoms with van der Waals surface area (Å²) in [5, 5.41) is 11.4. The molecule has 2 aromatic heterocycles. The lowest BCUT2D eigenvalue weighted by Gasteiger charge is -2.01. The topological polar surface area (TPSA) is 58.9 Å². The number of aromatic amines is 1. The number of rotatable bonds is 3. The summed E-state index contributed by atoms with van der Waals surface area (Å²) in [6.45, 7) is 2.04. The Morgan fingerprint density at radius 3 is 2.71 bits per heavy atom. The van der Waals surface area contributed by atoms with Crippen LogP contribution in [0.2, 0.25) is 0 Å². The maximum absolute atomic E-state index is 5.22. The Balaban J connectivity index is 2.00. The number of hydrogen-bond acceptors (Lipinski definition) is 4. The number of hydrogen-bond donors (Lipinski definition) is 1. The van der Waals surface area contributed by atoms with Crippen LogP contribution >= 0.6 is 12.2 Å². The number of aromatic nitrogens is 4. The number of nitrogens with one attached hydrogen (secondary N) is 1. The minimum atomic E-state index is 0.442. The van der Waals surface area contributed by atoms with E-state index in [0.29, 0.717) is 10.6 Å². The Morgan fingerprint density at radius 2 is 2.00 bits per heavy atom. The molecule has 6 heteroatoms. The van der Waals surface area contributed by atoms with Gasteiger partial charge in [0.05, 0.1) is 11.9 Å². The maximum atomic E-state index is 5.22. The molecule has 0 aliphatic carbocycles. The van der Waals surface area contributed by atoms with Gasteiger partial charge in [0.1, 0.15) is 0 Å². The molecule has 0 radical (unpaired) electrons. The molecule has 2 heterocycles. The van der Waals surface area contributed by atoms with Crippen molar-refractivity contribution in [2.45, 2.75) is 6.92 Å². The summed E-state index contributed by atoms with van der Waals surface area (Å²) >= 11 is 5.22. The zero-order valence-electron chi connectivity index (χ0n) is 11.4. The van der Waals surface area contributed by atoms with E-state index in [9.17, 15) is 0 Å². The quantitative estimate of drug-likeness (QED) is 0.596. The number of nitrogens with zero attached hydrogens (tertiary/aromatic N) is 4. The molecule has 0 atom stereocenters. The fraction of sp³-hybridized carbons (Fsp3) is 0.0667. The van der Waals surface area contributed by atoms with E-state index >= 15 is 0 Å². The van der Waals surface area contributed by atoms with Gasteiger partial charge in [0.25, 0.3) is 0 Å². The van der Waals surface area contributed by atoms with Gasteiger partial charge in [-0.2, -0.15) is 14.9 Å². The fourth-order valence-corrected chi connectivity index (χ4v) is 2.04. The zero-order valence-corrected chi connectivity index (χ0v) is 12.2. The largest absolute Gasteiger partial charge is 0.255 e. The number of H-pyrrole nitrogens is 1. The van der Waals surface area contributed by atoms with Crippen molar-refractivity contribution in [2.75, 3.05) is 0 Å². The average molecular weight is 295 g/mol. The first-order valence-electron chi connectivity index (χ1n) is 6.44. The Labute approximate surface area is 127 Å². The van der Waals surface area contributed by atoms with E-state index in [1.54, 1.807) is 17.1 Å². The molecule has 0 fully saturated rings. The van der Waals surface area contributed by atoms with Gasteiger partial charge >= 0.3 is 0 Å². The standard InChI is InChI=1S/C15H13N5S/c1-11-5-7-12(8-6-11)14-18-19-15(21)20(14)17-10-13-4-2-3-9-16-13/h2-10H,1H3,(H,19,21)/b17-10-. The average Bonchev–Trinajstić information content (AvgIpc) is 2.88. The maximum Gasteiger partial charge on any atom is 0.216 e. The summed E-state index contributed by atoms with van der Waals surface area (Å²) in [5.74, 6) is 0.673. The molecule has 0 aliphatic rings. The van der Waals surface area contributed by atoms with E-state index in [4.69, 9.17) is 12.2 Å². The smallest absolute Gasteiger partial charge is 0.216 e. The highest BCUT2D eigenvalue weighted by Crippen LogP contribution is 2.17. The molecule has 104 valence electrons. The lowest BCUT2D eigenvalue weighted by atomic mass is 10.1. The highest BCUT2D eigenvalue weighted by molar-refractivity contribution is 7.71. The first-order valence-corrected chi connectivity index (χ1v) is 6.85. The molecule has 0 saturated heterocycles. The van der Waals surface area contributed by atoms with E-state index in [-0.39, 0.29) is 0 Å². The highest BCUT2D eigenvalue weighted by Gasteiger charge is 2.07. The van der Waals surface area contributed by atoms with Crippen molar-refractivity contribution in [1.29, 1.82) is 0 Å². The van der Waals surface area contributed by atoms with Crippen LogP contribution in [0.15, 0.2) is 53.8 Å². The molecular formula is C15H13N5S. The van der Waals surface area contributed by atoms with E-state index < -0.39 is 0 Å². The summed E-state index contributed by atoms with van der Waals surface area (Å²) in [7, 11) is 0. The van der Waals surface area contributed by atoms with Crippen molar-refractivity contribution in [3.8, 4) is 11.4 Å². The molecule has 3 rings (SSSR count). The van der Waals surface area contributed by atoms with Crippen molar-refractivity contribution < 1.29 is 0 Å². The normalized spacial score (nSPS) is 11.1. The number of aryl methyl sites for hydroxylation is 1. The van der Waals surface area contributed by atoms with Crippen molar-refractivity contribution >= 4 is 18.4 Å². The number of benzene rings is 1. The minimum absolute atomic E-state index is 0.442. The van der Waals surface area contributed by atoms with E-state index in [1.165, 1.54) is 5.56 Å². The predicted octanol–water partition coefficient (Wildman–Crippen LogP) is 3.19. The molecular weight excluding hydrogens is 282 g/mol. The van der Waals surface area contributed by atoms with Gasteiger partial charge in [-0.25, -0.2) is 5.10 Å².